The lowest BCUT2D eigenvalue weighted by Crippen LogP contribution is -2.29. The molecular formula is C4H3F5O. The van der Waals surface area contributed by atoms with Crippen LogP contribution >= 0.6 is 0 Å². The third-order valence-electron chi connectivity index (χ3n) is 0.708. The van der Waals surface area contributed by atoms with E-state index in [0.29, 0.717) is 0 Å². The summed E-state index contributed by atoms with van der Waals surface area (Å²) in [7, 11) is 0. The molecule has 0 aliphatic carbocycles. The van der Waals surface area contributed by atoms with E-state index in [1.165, 1.54) is 0 Å². The number of hydrogen-bond donors (Lipinski definition) is 0. The Labute approximate surface area is 52.8 Å². The molecule has 0 rings (SSSR count). The van der Waals surface area contributed by atoms with Crippen molar-refractivity contribution in [2.75, 3.05) is 0 Å². The molecule has 0 fully saturated rings. The molecule has 6 heteroatoms. The smallest absolute Gasteiger partial charge is 0.290 e. The minimum atomic E-state index is -3.67. The van der Waals surface area contributed by atoms with Crippen molar-refractivity contribution in [2.45, 2.75) is 19.0 Å². The van der Waals surface area contributed by atoms with Gasteiger partial charge in [0, 0.05) is 0 Å². The number of carbonyl (C=O) groups excluding carboxylic acids is 1. The van der Waals surface area contributed by atoms with Crippen molar-refractivity contribution in [3.8, 4) is 0 Å². The zero-order chi connectivity index (χ0) is 8.31. The van der Waals surface area contributed by atoms with E-state index >= 15 is 0 Å². The minimum absolute atomic E-state index is 2.37. The molecule has 60 valence electrons. The van der Waals surface area contributed by atoms with Crippen molar-refractivity contribution in [2.24, 2.45) is 0 Å². The van der Waals surface area contributed by atoms with E-state index in [0.717, 1.165) is 0 Å². The number of rotatable bonds is 3. The molecule has 0 bridgehead atoms. The van der Waals surface area contributed by atoms with Crippen molar-refractivity contribution in [3.05, 3.63) is 0 Å². The molecule has 0 aliphatic rings. The SMILES string of the molecule is O=C(C(F)F)C(F)C(F)F. The van der Waals surface area contributed by atoms with Crippen molar-refractivity contribution >= 4 is 5.78 Å². The molecule has 0 saturated heterocycles. The fourth-order valence-corrected chi connectivity index (χ4v) is 0.245. The summed E-state index contributed by atoms with van der Waals surface area (Å²) in [6.07, 6.45) is -10.7. The summed E-state index contributed by atoms with van der Waals surface area (Å²) in [6, 6.07) is 0. The Balaban J connectivity index is 3.95. The van der Waals surface area contributed by atoms with Crippen LogP contribution in [0.25, 0.3) is 0 Å². The molecule has 1 unspecified atom stereocenters. The molecule has 0 saturated carbocycles. The summed E-state index contributed by atoms with van der Waals surface area (Å²) in [6.45, 7) is 0. The zero-order valence-electron chi connectivity index (χ0n) is 4.53. The Morgan fingerprint density at radius 2 is 1.40 bits per heavy atom. The molecular weight excluding hydrogens is 159 g/mol. The van der Waals surface area contributed by atoms with E-state index in [9.17, 15) is 26.7 Å². The lowest BCUT2D eigenvalue weighted by atomic mass is 10.3. The molecule has 1 atom stereocenters. The van der Waals surface area contributed by atoms with E-state index in [1.54, 1.807) is 0 Å². The molecule has 0 aromatic carbocycles. The quantitative estimate of drug-likeness (QED) is 0.573. The van der Waals surface area contributed by atoms with E-state index in [4.69, 9.17) is 0 Å². The van der Waals surface area contributed by atoms with E-state index < -0.39 is 24.8 Å². The lowest BCUT2D eigenvalue weighted by molar-refractivity contribution is -0.140. The second-order valence-electron chi connectivity index (χ2n) is 1.44. The first-order valence-electron chi connectivity index (χ1n) is 2.21. The first-order valence-corrected chi connectivity index (χ1v) is 2.21. The first kappa shape index (κ1) is 9.32. The molecule has 0 spiro atoms. The first-order chi connectivity index (χ1) is 4.46. The molecule has 0 heterocycles. The van der Waals surface area contributed by atoms with Gasteiger partial charge in [-0.2, -0.15) is 0 Å². The van der Waals surface area contributed by atoms with Crippen LogP contribution in [-0.4, -0.2) is 24.8 Å². The Bertz CT molecular complexity index is 123. The van der Waals surface area contributed by atoms with Crippen molar-refractivity contribution in [3.63, 3.8) is 0 Å². The summed E-state index contributed by atoms with van der Waals surface area (Å²) >= 11 is 0. The summed E-state index contributed by atoms with van der Waals surface area (Å²) < 4.78 is 56.0. The molecule has 0 N–H and O–H groups in total. The average molecular weight is 162 g/mol. The maximum absolute atomic E-state index is 11.6. The Kier molecular flexibility index (Phi) is 3.24. The summed E-state index contributed by atoms with van der Waals surface area (Å²) in [4.78, 5) is 9.68. The van der Waals surface area contributed by atoms with Crippen LogP contribution in [0.5, 0.6) is 0 Å². The minimum Gasteiger partial charge on any atom is -0.290 e. The van der Waals surface area contributed by atoms with Crippen LogP contribution in [0, 0.1) is 0 Å². The number of Topliss-reactive ketones (excluding diaryl/α,β-unsaturated/α-hetero) is 1. The highest BCUT2D eigenvalue weighted by atomic mass is 19.3. The molecule has 0 radical (unpaired) electrons. The lowest BCUT2D eigenvalue weighted by Gasteiger charge is -2.02. The van der Waals surface area contributed by atoms with Gasteiger partial charge in [-0.15, -0.1) is 0 Å². The maximum atomic E-state index is 11.6. The second kappa shape index (κ2) is 3.48. The van der Waals surface area contributed by atoms with Crippen molar-refractivity contribution in [1.82, 2.24) is 0 Å². The average Bonchev–Trinajstić information content (AvgIpc) is 1.84. The van der Waals surface area contributed by atoms with Gasteiger partial charge in [-0.25, -0.2) is 22.0 Å². The van der Waals surface area contributed by atoms with Crippen LogP contribution in [0.2, 0.25) is 0 Å². The molecule has 0 amide bonds. The number of ketones is 1. The Morgan fingerprint density at radius 1 is 1.00 bits per heavy atom. The molecule has 0 aromatic rings. The normalized spacial score (nSPS) is 14.3. The van der Waals surface area contributed by atoms with Gasteiger partial charge in [-0.3, -0.25) is 4.79 Å². The Hall–Kier alpha value is -0.680. The number of halogens is 5. The number of hydrogen-bond acceptors (Lipinski definition) is 1. The fourth-order valence-electron chi connectivity index (χ4n) is 0.245. The van der Waals surface area contributed by atoms with E-state index in [-0.39, 0.29) is 0 Å². The largest absolute Gasteiger partial charge is 0.299 e. The van der Waals surface area contributed by atoms with Crippen LogP contribution in [0.4, 0.5) is 22.0 Å². The van der Waals surface area contributed by atoms with Crippen LogP contribution in [0.15, 0.2) is 0 Å². The molecule has 0 aliphatic heterocycles. The van der Waals surface area contributed by atoms with E-state index in [1.807, 2.05) is 0 Å². The highest BCUT2D eigenvalue weighted by Crippen LogP contribution is 2.10. The number of alkyl halides is 5. The van der Waals surface area contributed by atoms with Crippen LogP contribution in [0.3, 0.4) is 0 Å². The van der Waals surface area contributed by atoms with Crippen LogP contribution < -0.4 is 0 Å². The monoisotopic (exact) mass is 162 g/mol. The summed E-state index contributed by atoms with van der Waals surface area (Å²) in [5.74, 6) is -2.37. The van der Waals surface area contributed by atoms with Gasteiger partial charge in [0.15, 0.2) is 0 Å². The topological polar surface area (TPSA) is 17.1 Å². The third kappa shape index (κ3) is 2.28. The van der Waals surface area contributed by atoms with Gasteiger partial charge in [0.25, 0.3) is 12.9 Å². The molecule has 0 aromatic heterocycles. The van der Waals surface area contributed by atoms with Gasteiger partial charge >= 0.3 is 0 Å². The maximum Gasteiger partial charge on any atom is 0.299 e. The highest BCUT2D eigenvalue weighted by molar-refractivity contribution is 5.86. The summed E-state index contributed by atoms with van der Waals surface area (Å²) in [5, 5.41) is 0. The third-order valence-corrected chi connectivity index (χ3v) is 0.708. The molecule has 10 heavy (non-hydrogen) atoms. The predicted octanol–water partition coefficient (Wildman–Crippen LogP) is 1.42. The predicted molar refractivity (Wildman–Crippen MR) is 21.9 cm³/mol. The van der Waals surface area contributed by atoms with Crippen LogP contribution in [0.1, 0.15) is 0 Å². The van der Waals surface area contributed by atoms with Crippen molar-refractivity contribution < 1.29 is 26.7 Å². The number of carbonyl (C=O) groups is 1. The van der Waals surface area contributed by atoms with Crippen LogP contribution in [-0.2, 0) is 4.79 Å². The summed E-state index contributed by atoms with van der Waals surface area (Å²) in [5.41, 5.74) is 0. The second-order valence-corrected chi connectivity index (χ2v) is 1.44. The van der Waals surface area contributed by atoms with Crippen molar-refractivity contribution in [1.29, 1.82) is 0 Å². The highest BCUT2D eigenvalue weighted by Gasteiger charge is 2.33. The van der Waals surface area contributed by atoms with Gasteiger partial charge in [0.1, 0.15) is 0 Å². The van der Waals surface area contributed by atoms with Gasteiger partial charge in [-0.1, -0.05) is 0 Å². The zero-order valence-corrected chi connectivity index (χ0v) is 4.53. The van der Waals surface area contributed by atoms with Gasteiger partial charge in [0.2, 0.25) is 12.0 Å². The standard InChI is InChI=1S/C4H3F5O/c5-1(3(6)7)2(10)4(8)9/h1,3-4H. The van der Waals surface area contributed by atoms with E-state index in [2.05, 4.69) is 0 Å². The molecule has 1 nitrogen and oxygen atoms in total. The Morgan fingerprint density at radius 3 is 1.50 bits per heavy atom. The van der Waals surface area contributed by atoms with Gasteiger partial charge < -0.3 is 0 Å². The fraction of sp³-hybridized carbons (Fsp3) is 0.750. The van der Waals surface area contributed by atoms with Gasteiger partial charge in [0.05, 0.1) is 0 Å². The van der Waals surface area contributed by atoms with Gasteiger partial charge in [-0.05, 0) is 0 Å².